The molecule has 3 aliphatic heterocycles. The molecule has 1 unspecified atom stereocenters. The van der Waals surface area contributed by atoms with E-state index in [0.717, 1.165) is 49.2 Å². The van der Waals surface area contributed by atoms with E-state index in [-0.39, 0.29) is 12.2 Å². The Labute approximate surface area is 180 Å². The highest BCUT2D eigenvalue weighted by atomic mass is 16.6. The highest BCUT2D eigenvalue weighted by molar-refractivity contribution is 6.27. The van der Waals surface area contributed by atoms with Crippen LogP contribution in [0.5, 0.6) is 0 Å². The fourth-order valence-corrected chi connectivity index (χ4v) is 3.96. The number of fused-ring (bicyclic) bond motifs is 3. The molecule has 2 aromatic carbocycles. The molecule has 2 aromatic rings. The summed E-state index contributed by atoms with van der Waals surface area (Å²) in [4.78, 5) is 32.8. The quantitative estimate of drug-likeness (QED) is 0.644. The molecular weight excluding hydrogens is 400 g/mol. The maximum absolute atomic E-state index is 12.3. The SMILES string of the molecule is O=C(NCc1ccccc1-c1ccccc1)OC1CN2CCC1CC2.O=C(O)C(=O)O. The van der Waals surface area contributed by atoms with Crippen LogP contribution < -0.4 is 5.32 Å². The van der Waals surface area contributed by atoms with E-state index in [1.807, 2.05) is 30.3 Å². The van der Waals surface area contributed by atoms with Gasteiger partial charge in [-0.2, -0.15) is 0 Å². The van der Waals surface area contributed by atoms with Crippen LogP contribution in [0.4, 0.5) is 4.79 Å². The Bertz CT molecular complexity index is 897. The van der Waals surface area contributed by atoms with Crippen LogP contribution >= 0.6 is 0 Å². The Balaban J connectivity index is 0.000000401. The molecule has 0 radical (unpaired) electrons. The van der Waals surface area contributed by atoms with Gasteiger partial charge in [-0.25, -0.2) is 14.4 Å². The van der Waals surface area contributed by atoms with Gasteiger partial charge in [0.25, 0.3) is 0 Å². The number of amides is 1. The van der Waals surface area contributed by atoms with E-state index in [4.69, 9.17) is 24.5 Å². The van der Waals surface area contributed by atoms with Crippen LogP contribution in [0.15, 0.2) is 54.6 Å². The molecule has 3 saturated heterocycles. The number of carbonyl (C=O) groups excluding carboxylic acids is 1. The van der Waals surface area contributed by atoms with Crippen molar-refractivity contribution in [1.82, 2.24) is 10.2 Å². The lowest BCUT2D eigenvalue weighted by molar-refractivity contribution is -0.159. The number of benzene rings is 2. The van der Waals surface area contributed by atoms with Crippen LogP contribution in [-0.4, -0.2) is 58.9 Å². The second kappa shape index (κ2) is 10.6. The van der Waals surface area contributed by atoms with Crippen LogP contribution in [0.1, 0.15) is 18.4 Å². The van der Waals surface area contributed by atoms with Crippen LogP contribution in [0, 0.1) is 5.92 Å². The number of carboxylic acids is 2. The molecule has 31 heavy (non-hydrogen) atoms. The van der Waals surface area contributed by atoms with Gasteiger partial charge in [0.05, 0.1) is 0 Å². The number of hydrogen-bond donors (Lipinski definition) is 3. The van der Waals surface area contributed by atoms with Crippen molar-refractivity contribution in [3.63, 3.8) is 0 Å². The number of aliphatic carboxylic acids is 2. The van der Waals surface area contributed by atoms with Crippen LogP contribution in [0.25, 0.3) is 11.1 Å². The molecule has 0 aliphatic carbocycles. The highest BCUT2D eigenvalue weighted by Crippen LogP contribution is 2.29. The van der Waals surface area contributed by atoms with Gasteiger partial charge in [-0.05, 0) is 48.5 Å². The number of hydrogen-bond acceptors (Lipinski definition) is 5. The fourth-order valence-electron chi connectivity index (χ4n) is 3.96. The van der Waals surface area contributed by atoms with Gasteiger partial charge in [-0.3, -0.25) is 4.90 Å². The van der Waals surface area contributed by atoms with Crippen molar-refractivity contribution in [3.05, 3.63) is 60.2 Å². The van der Waals surface area contributed by atoms with Gasteiger partial charge in [-0.1, -0.05) is 54.6 Å². The molecule has 1 amide bonds. The van der Waals surface area contributed by atoms with E-state index in [0.29, 0.717) is 12.5 Å². The zero-order valence-electron chi connectivity index (χ0n) is 17.1. The summed E-state index contributed by atoms with van der Waals surface area (Å²) in [5, 5.41) is 17.7. The minimum Gasteiger partial charge on any atom is -0.473 e. The number of piperidine rings is 3. The van der Waals surface area contributed by atoms with E-state index < -0.39 is 11.9 Å². The van der Waals surface area contributed by atoms with Crippen molar-refractivity contribution >= 4 is 18.0 Å². The smallest absolute Gasteiger partial charge is 0.414 e. The van der Waals surface area contributed by atoms with Gasteiger partial charge >= 0.3 is 18.0 Å². The van der Waals surface area contributed by atoms with E-state index in [1.54, 1.807) is 0 Å². The molecule has 2 bridgehead atoms. The van der Waals surface area contributed by atoms with Gasteiger partial charge in [-0.15, -0.1) is 0 Å². The number of carbonyl (C=O) groups is 3. The third kappa shape index (κ3) is 6.29. The summed E-state index contributed by atoms with van der Waals surface area (Å²) in [5.74, 6) is -3.11. The number of nitrogens with zero attached hydrogens (tertiary/aromatic N) is 1. The molecule has 1 atom stereocenters. The van der Waals surface area contributed by atoms with Crippen molar-refractivity contribution in [2.75, 3.05) is 19.6 Å². The molecule has 8 nitrogen and oxygen atoms in total. The van der Waals surface area contributed by atoms with Crippen LogP contribution in [0.2, 0.25) is 0 Å². The first kappa shape index (κ1) is 22.3. The van der Waals surface area contributed by atoms with Crippen LogP contribution in [-0.2, 0) is 20.9 Å². The number of carboxylic acid groups (broad SMARTS) is 2. The monoisotopic (exact) mass is 426 g/mol. The fraction of sp³-hybridized carbons (Fsp3) is 0.348. The molecule has 3 heterocycles. The lowest BCUT2D eigenvalue weighted by atomic mass is 9.86. The lowest BCUT2D eigenvalue weighted by Crippen LogP contribution is -2.52. The van der Waals surface area contributed by atoms with Crippen molar-refractivity contribution in [2.24, 2.45) is 5.92 Å². The van der Waals surface area contributed by atoms with Gasteiger partial charge in [0.15, 0.2) is 0 Å². The molecule has 0 aromatic heterocycles. The first-order valence-corrected chi connectivity index (χ1v) is 10.2. The van der Waals surface area contributed by atoms with E-state index in [2.05, 4.69) is 34.5 Å². The summed E-state index contributed by atoms with van der Waals surface area (Å²) >= 11 is 0. The summed E-state index contributed by atoms with van der Waals surface area (Å²) in [5.41, 5.74) is 3.40. The Morgan fingerprint density at radius 3 is 2.13 bits per heavy atom. The first-order valence-electron chi connectivity index (χ1n) is 10.2. The predicted octanol–water partition coefficient (Wildman–Crippen LogP) is 2.83. The largest absolute Gasteiger partial charge is 0.473 e. The molecule has 3 aliphatic rings. The Kier molecular flexibility index (Phi) is 7.61. The second-order valence-electron chi connectivity index (χ2n) is 7.57. The average Bonchev–Trinajstić information content (AvgIpc) is 2.80. The van der Waals surface area contributed by atoms with Gasteiger partial charge in [0.1, 0.15) is 6.10 Å². The maximum Gasteiger partial charge on any atom is 0.414 e. The summed E-state index contributed by atoms with van der Waals surface area (Å²) in [6, 6.07) is 18.4. The minimum absolute atomic E-state index is 0.0480. The van der Waals surface area contributed by atoms with Gasteiger partial charge in [0, 0.05) is 13.1 Å². The first-order chi connectivity index (χ1) is 14.9. The third-order valence-corrected chi connectivity index (χ3v) is 5.56. The van der Waals surface area contributed by atoms with E-state index in [9.17, 15) is 4.79 Å². The summed E-state index contributed by atoms with van der Waals surface area (Å²) in [6.07, 6.45) is 2.04. The summed E-state index contributed by atoms with van der Waals surface area (Å²) in [7, 11) is 0. The second-order valence-corrected chi connectivity index (χ2v) is 7.57. The Morgan fingerprint density at radius 2 is 1.55 bits per heavy atom. The number of alkyl carbamates (subject to hydrolysis) is 1. The Morgan fingerprint density at radius 1 is 0.935 bits per heavy atom. The van der Waals surface area contributed by atoms with E-state index in [1.165, 1.54) is 0 Å². The topological polar surface area (TPSA) is 116 Å². The predicted molar refractivity (Wildman–Crippen MR) is 113 cm³/mol. The minimum atomic E-state index is -1.82. The normalized spacial score (nSPS) is 21.4. The summed E-state index contributed by atoms with van der Waals surface area (Å²) < 4.78 is 5.70. The van der Waals surface area contributed by atoms with Crippen molar-refractivity contribution in [2.45, 2.75) is 25.5 Å². The number of ether oxygens (including phenoxy) is 1. The zero-order chi connectivity index (χ0) is 22.2. The molecule has 5 rings (SSSR count). The lowest BCUT2D eigenvalue weighted by Gasteiger charge is -2.43. The molecule has 164 valence electrons. The maximum atomic E-state index is 12.3. The van der Waals surface area contributed by atoms with E-state index >= 15 is 0 Å². The van der Waals surface area contributed by atoms with Crippen molar-refractivity contribution in [1.29, 1.82) is 0 Å². The van der Waals surface area contributed by atoms with Gasteiger partial charge in [0.2, 0.25) is 0 Å². The summed E-state index contributed by atoms with van der Waals surface area (Å²) in [6.45, 7) is 3.66. The molecular formula is C23H26N2O6. The third-order valence-electron chi connectivity index (χ3n) is 5.56. The molecule has 3 N–H and O–H groups in total. The van der Waals surface area contributed by atoms with Crippen molar-refractivity contribution < 1.29 is 29.3 Å². The van der Waals surface area contributed by atoms with Crippen molar-refractivity contribution in [3.8, 4) is 11.1 Å². The molecule has 3 fully saturated rings. The molecule has 0 spiro atoms. The standard InChI is InChI=1S/C21H24N2O2.C2H2O4/c24-21(25-20-15-23-12-10-17(20)11-13-23)22-14-18-8-4-5-9-19(18)16-6-2-1-3-7-16;3-1(4)2(5)6/h1-9,17,20H,10-15H2,(H,22,24);(H,3,4)(H,5,6). The van der Waals surface area contributed by atoms with Gasteiger partial charge < -0.3 is 20.3 Å². The Hall–Kier alpha value is -3.39. The molecule has 8 heteroatoms. The zero-order valence-corrected chi connectivity index (χ0v) is 17.1. The highest BCUT2D eigenvalue weighted by Gasteiger charge is 2.36. The number of rotatable bonds is 4. The average molecular weight is 426 g/mol. The molecule has 0 saturated carbocycles. The van der Waals surface area contributed by atoms with Crippen LogP contribution in [0.3, 0.4) is 0 Å². The number of nitrogens with one attached hydrogen (secondary N) is 1.